The zero-order valence-corrected chi connectivity index (χ0v) is 11.5. The Labute approximate surface area is 111 Å². The third-order valence-corrected chi connectivity index (χ3v) is 4.45. The summed E-state index contributed by atoms with van der Waals surface area (Å²) in [4.78, 5) is 0. The maximum Gasteiger partial charge on any atom is 0.133 e. The molecule has 3 heteroatoms. The molecule has 1 aromatic rings. The van der Waals surface area contributed by atoms with Gasteiger partial charge < -0.3 is 10.1 Å². The minimum absolute atomic E-state index is 0.449. The fraction of sp³-hybridized carbons (Fsp3) is 0.571. The van der Waals surface area contributed by atoms with E-state index >= 15 is 0 Å². The molecule has 92 valence electrons. The van der Waals surface area contributed by atoms with Crippen LogP contribution in [-0.2, 0) is 0 Å². The lowest BCUT2D eigenvalue weighted by Crippen LogP contribution is -2.24. The molecule has 2 aliphatic rings. The van der Waals surface area contributed by atoms with Crippen molar-refractivity contribution in [1.29, 1.82) is 0 Å². The zero-order valence-electron chi connectivity index (χ0n) is 9.92. The molecule has 1 N–H and O–H groups in total. The lowest BCUT2D eigenvalue weighted by molar-refractivity contribution is 0.119. The van der Waals surface area contributed by atoms with Crippen LogP contribution in [0.15, 0.2) is 22.7 Å². The average Bonchev–Trinajstić information content (AvgIpc) is 2.78. The molecule has 0 amide bonds. The summed E-state index contributed by atoms with van der Waals surface area (Å²) in [7, 11) is 0. The molecule has 1 unspecified atom stereocenters. The van der Waals surface area contributed by atoms with Crippen molar-refractivity contribution in [3.05, 3.63) is 28.2 Å². The van der Waals surface area contributed by atoms with Gasteiger partial charge in [-0.25, -0.2) is 0 Å². The van der Waals surface area contributed by atoms with Crippen LogP contribution in [0.2, 0.25) is 0 Å². The SMILES string of the molecule is Brc1cc(C2CCNC2)ccc1OC1CCC1. The van der Waals surface area contributed by atoms with Crippen LogP contribution in [0, 0.1) is 0 Å². The van der Waals surface area contributed by atoms with Gasteiger partial charge in [0.25, 0.3) is 0 Å². The smallest absolute Gasteiger partial charge is 0.133 e. The van der Waals surface area contributed by atoms with Gasteiger partial charge in [0.1, 0.15) is 5.75 Å². The van der Waals surface area contributed by atoms with E-state index in [1.54, 1.807) is 0 Å². The van der Waals surface area contributed by atoms with Crippen LogP contribution >= 0.6 is 15.9 Å². The van der Waals surface area contributed by atoms with Gasteiger partial charge in [0.2, 0.25) is 0 Å². The Morgan fingerprint density at radius 3 is 2.71 bits per heavy atom. The summed E-state index contributed by atoms with van der Waals surface area (Å²) in [6.45, 7) is 2.25. The van der Waals surface area contributed by atoms with E-state index in [0.717, 1.165) is 23.3 Å². The number of hydrogen-bond acceptors (Lipinski definition) is 2. The van der Waals surface area contributed by atoms with Crippen LogP contribution in [0.25, 0.3) is 0 Å². The molecular weight excluding hydrogens is 278 g/mol. The Morgan fingerprint density at radius 1 is 1.24 bits per heavy atom. The van der Waals surface area contributed by atoms with Crippen molar-refractivity contribution in [3.8, 4) is 5.75 Å². The molecule has 0 bridgehead atoms. The van der Waals surface area contributed by atoms with E-state index < -0.39 is 0 Å². The van der Waals surface area contributed by atoms with Crippen LogP contribution < -0.4 is 10.1 Å². The van der Waals surface area contributed by atoms with Crippen molar-refractivity contribution in [2.24, 2.45) is 0 Å². The normalized spacial score (nSPS) is 24.6. The third-order valence-electron chi connectivity index (χ3n) is 3.83. The van der Waals surface area contributed by atoms with Gasteiger partial charge in [-0.3, -0.25) is 0 Å². The molecular formula is C14H18BrNO. The van der Waals surface area contributed by atoms with E-state index in [0.29, 0.717) is 12.0 Å². The number of halogens is 1. The second-order valence-electron chi connectivity index (χ2n) is 5.05. The average molecular weight is 296 g/mol. The molecule has 1 heterocycles. The molecule has 2 fully saturated rings. The van der Waals surface area contributed by atoms with Gasteiger partial charge in [0, 0.05) is 6.54 Å². The Morgan fingerprint density at radius 2 is 2.12 bits per heavy atom. The Balaban J connectivity index is 1.73. The Bertz CT molecular complexity index is 397. The summed E-state index contributed by atoms with van der Waals surface area (Å²) in [5.41, 5.74) is 1.42. The number of hydrogen-bond donors (Lipinski definition) is 1. The van der Waals surface area contributed by atoms with Crippen LogP contribution in [0.4, 0.5) is 0 Å². The van der Waals surface area contributed by atoms with E-state index in [-0.39, 0.29) is 0 Å². The van der Waals surface area contributed by atoms with Gasteiger partial charge in [0.15, 0.2) is 0 Å². The number of benzene rings is 1. The largest absolute Gasteiger partial charge is 0.489 e. The summed E-state index contributed by atoms with van der Waals surface area (Å²) in [5, 5.41) is 3.41. The lowest BCUT2D eigenvalue weighted by atomic mass is 9.96. The molecule has 1 saturated carbocycles. The van der Waals surface area contributed by atoms with Crippen molar-refractivity contribution >= 4 is 15.9 Å². The van der Waals surface area contributed by atoms with Gasteiger partial charge in [-0.05, 0) is 71.8 Å². The maximum absolute atomic E-state index is 5.94. The summed E-state index contributed by atoms with van der Waals surface area (Å²) in [6.07, 6.45) is 5.43. The first-order valence-electron chi connectivity index (χ1n) is 6.50. The summed E-state index contributed by atoms with van der Waals surface area (Å²) in [5.74, 6) is 1.67. The quantitative estimate of drug-likeness (QED) is 0.922. The highest BCUT2D eigenvalue weighted by Gasteiger charge is 2.21. The summed E-state index contributed by atoms with van der Waals surface area (Å²) in [6, 6.07) is 6.57. The minimum Gasteiger partial charge on any atom is -0.489 e. The van der Waals surface area contributed by atoms with Gasteiger partial charge >= 0.3 is 0 Å². The first-order valence-corrected chi connectivity index (χ1v) is 7.29. The van der Waals surface area contributed by atoms with Crippen molar-refractivity contribution in [2.75, 3.05) is 13.1 Å². The first-order chi connectivity index (χ1) is 8.33. The van der Waals surface area contributed by atoms with Gasteiger partial charge in [-0.2, -0.15) is 0 Å². The maximum atomic E-state index is 5.94. The van der Waals surface area contributed by atoms with Gasteiger partial charge in [0.05, 0.1) is 10.6 Å². The fourth-order valence-electron chi connectivity index (χ4n) is 2.47. The Kier molecular flexibility index (Phi) is 3.39. The van der Waals surface area contributed by atoms with E-state index in [1.165, 1.54) is 31.2 Å². The predicted molar refractivity (Wildman–Crippen MR) is 72.6 cm³/mol. The molecule has 0 spiro atoms. The van der Waals surface area contributed by atoms with Gasteiger partial charge in [-0.1, -0.05) is 6.07 Å². The molecule has 3 rings (SSSR count). The van der Waals surface area contributed by atoms with Crippen molar-refractivity contribution < 1.29 is 4.74 Å². The number of rotatable bonds is 3. The van der Waals surface area contributed by atoms with Crippen molar-refractivity contribution in [3.63, 3.8) is 0 Å². The lowest BCUT2D eigenvalue weighted by Gasteiger charge is -2.27. The molecule has 1 saturated heterocycles. The zero-order chi connectivity index (χ0) is 11.7. The van der Waals surface area contributed by atoms with Crippen LogP contribution in [0.1, 0.15) is 37.2 Å². The van der Waals surface area contributed by atoms with Crippen molar-refractivity contribution in [2.45, 2.75) is 37.7 Å². The second-order valence-corrected chi connectivity index (χ2v) is 5.90. The van der Waals surface area contributed by atoms with Gasteiger partial charge in [-0.15, -0.1) is 0 Å². The fourth-order valence-corrected chi connectivity index (χ4v) is 2.96. The summed E-state index contributed by atoms with van der Waals surface area (Å²) >= 11 is 3.63. The van der Waals surface area contributed by atoms with E-state index in [2.05, 4.69) is 39.4 Å². The number of ether oxygens (including phenoxy) is 1. The third kappa shape index (κ3) is 2.50. The molecule has 0 aromatic heterocycles. The first kappa shape index (κ1) is 11.5. The van der Waals surface area contributed by atoms with E-state index in [1.807, 2.05) is 0 Å². The molecule has 0 radical (unpaired) electrons. The highest BCUT2D eigenvalue weighted by atomic mass is 79.9. The predicted octanol–water partition coefficient (Wildman–Crippen LogP) is 3.46. The van der Waals surface area contributed by atoms with Crippen LogP contribution in [0.5, 0.6) is 5.75 Å². The monoisotopic (exact) mass is 295 g/mol. The molecule has 1 aliphatic heterocycles. The van der Waals surface area contributed by atoms with E-state index in [9.17, 15) is 0 Å². The van der Waals surface area contributed by atoms with Crippen LogP contribution in [0.3, 0.4) is 0 Å². The number of nitrogens with one attached hydrogen (secondary N) is 1. The highest BCUT2D eigenvalue weighted by molar-refractivity contribution is 9.10. The highest BCUT2D eigenvalue weighted by Crippen LogP contribution is 2.34. The minimum atomic E-state index is 0.449. The Hall–Kier alpha value is -0.540. The molecule has 1 aliphatic carbocycles. The summed E-state index contributed by atoms with van der Waals surface area (Å²) < 4.78 is 7.04. The molecule has 1 atom stereocenters. The van der Waals surface area contributed by atoms with E-state index in [4.69, 9.17) is 4.74 Å². The topological polar surface area (TPSA) is 21.3 Å². The molecule has 17 heavy (non-hydrogen) atoms. The standard InChI is InChI=1S/C14H18BrNO/c15-13-8-10(11-6-7-16-9-11)4-5-14(13)17-12-2-1-3-12/h4-5,8,11-12,16H,1-3,6-7,9H2. The molecule has 2 nitrogen and oxygen atoms in total. The van der Waals surface area contributed by atoms with Crippen molar-refractivity contribution in [1.82, 2.24) is 5.32 Å². The second kappa shape index (κ2) is 4.99. The van der Waals surface area contributed by atoms with Crippen LogP contribution in [-0.4, -0.2) is 19.2 Å². The molecule has 1 aromatic carbocycles.